The Kier molecular flexibility index (Phi) is 2.81. The Bertz CT molecular complexity index is 334. The summed E-state index contributed by atoms with van der Waals surface area (Å²) in [5, 5.41) is 10.0. The second-order valence-electron chi connectivity index (χ2n) is 6.83. The maximum atomic E-state index is 11.7. The summed E-state index contributed by atoms with van der Waals surface area (Å²) in [7, 11) is 0. The third-order valence-electron chi connectivity index (χ3n) is 5.41. The van der Waals surface area contributed by atoms with Crippen LogP contribution < -0.4 is 0 Å². The number of carbonyl (C=O) groups is 1. The van der Waals surface area contributed by atoms with Crippen molar-refractivity contribution in [3.63, 3.8) is 0 Å². The standard InChI is InChI=1S/C14H24O3/c1-8(2)12(16)17-11-6-9-10(15)7-14(11,5)13(9,3)4/h8-11,15H,6-7H2,1-5H3. The van der Waals surface area contributed by atoms with Gasteiger partial charge >= 0.3 is 5.97 Å². The lowest BCUT2D eigenvalue weighted by molar-refractivity contribution is -0.161. The molecule has 0 spiro atoms. The molecule has 0 amide bonds. The molecule has 3 heteroatoms. The molecule has 1 N–H and O–H groups in total. The van der Waals surface area contributed by atoms with Gasteiger partial charge in [0.25, 0.3) is 0 Å². The molecule has 2 fully saturated rings. The number of carbonyl (C=O) groups excluding carboxylic acids is 1. The minimum absolute atomic E-state index is 0.0270. The number of esters is 1. The first-order valence-electron chi connectivity index (χ1n) is 6.58. The average Bonchev–Trinajstić information content (AvgIpc) is 2.47. The third kappa shape index (κ3) is 1.62. The number of hydrogen-bond acceptors (Lipinski definition) is 3. The fraction of sp³-hybridized carbons (Fsp3) is 0.929. The monoisotopic (exact) mass is 240 g/mol. The summed E-state index contributed by atoms with van der Waals surface area (Å²) in [6.07, 6.45) is 1.30. The molecule has 2 aliphatic rings. The number of hydrogen-bond donors (Lipinski definition) is 1. The second kappa shape index (κ2) is 3.71. The van der Waals surface area contributed by atoms with Gasteiger partial charge in [0.15, 0.2) is 0 Å². The van der Waals surface area contributed by atoms with Crippen LogP contribution in [0.2, 0.25) is 0 Å². The summed E-state index contributed by atoms with van der Waals surface area (Å²) < 4.78 is 5.64. The molecule has 2 aliphatic carbocycles. The van der Waals surface area contributed by atoms with Crippen LogP contribution in [0, 0.1) is 22.7 Å². The van der Waals surface area contributed by atoms with E-state index in [9.17, 15) is 9.90 Å². The molecule has 0 radical (unpaired) electrons. The van der Waals surface area contributed by atoms with Crippen molar-refractivity contribution < 1.29 is 14.6 Å². The number of ether oxygens (including phenoxy) is 1. The Hall–Kier alpha value is -0.570. The summed E-state index contributed by atoms with van der Waals surface area (Å²) in [6, 6.07) is 0. The number of rotatable bonds is 2. The van der Waals surface area contributed by atoms with Crippen LogP contribution >= 0.6 is 0 Å². The molecule has 0 aromatic carbocycles. The van der Waals surface area contributed by atoms with Crippen molar-refractivity contribution in [2.24, 2.45) is 22.7 Å². The van der Waals surface area contributed by atoms with E-state index in [0.717, 1.165) is 12.8 Å². The quantitative estimate of drug-likeness (QED) is 0.754. The Morgan fingerprint density at radius 2 is 1.94 bits per heavy atom. The van der Waals surface area contributed by atoms with Gasteiger partial charge < -0.3 is 9.84 Å². The SMILES string of the molecule is CC(C)C(=O)OC1CC2C(O)CC1(C)C2(C)C. The summed E-state index contributed by atoms with van der Waals surface area (Å²) in [6.45, 7) is 10.3. The summed E-state index contributed by atoms with van der Waals surface area (Å²) >= 11 is 0. The summed E-state index contributed by atoms with van der Waals surface area (Å²) in [5.41, 5.74) is -0.0318. The van der Waals surface area contributed by atoms with Gasteiger partial charge in [-0.2, -0.15) is 0 Å². The molecular weight excluding hydrogens is 216 g/mol. The van der Waals surface area contributed by atoms with E-state index in [2.05, 4.69) is 20.8 Å². The molecule has 4 atom stereocenters. The molecule has 0 aromatic rings. The lowest BCUT2D eigenvalue weighted by atomic mass is 9.70. The van der Waals surface area contributed by atoms with Crippen LogP contribution in [-0.2, 0) is 9.53 Å². The second-order valence-corrected chi connectivity index (χ2v) is 6.83. The molecule has 98 valence electrons. The van der Waals surface area contributed by atoms with E-state index in [1.807, 2.05) is 13.8 Å². The normalized spacial score (nSPS) is 43.1. The molecule has 4 unspecified atom stereocenters. The Balaban J connectivity index is 2.17. The minimum atomic E-state index is -0.232. The van der Waals surface area contributed by atoms with Gasteiger partial charge in [-0.1, -0.05) is 34.6 Å². The van der Waals surface area contributed by atoms with E-state index in [4.69, 9.17) is 4.74 Å². The van der Waals surface area contributed by atoms with Crippen LogP contribution in [0.25, 0.3) is 0 Å². The topological polar surface area (TPSA) is 46.5 Å². The predicted octanol–water partition coefficient (Wildman–Crippen LogP) is 2.37. The fourth-order valence-electron chi connectivity index (χ4n) is 3.69. The molecule has 2 saturated carbocycles. The van der Waals surface area contributed by atoms with Gasteiger partial charge in [-0.25, -0.2) is 0 Å². The lowest BCUT2D eigenvalue weighted by Gasteiger charge is -2.38. The van der Waals surface area contributed by atoms with Crippen LogP contribution in [-0.4, -0.2) is 23.3 Å². The highest BCUT2D eigenvalue weighted by molar-refractivity contribution is 5.71. The van der Waals surface area contributed by atoms with E-state index >= 15 is 0 Å². The molecule has 17 heavy (non-hydrogen) atoms. The van der Waals surface area contributed by atoms with Crippen LogP contribution in [0.4, 0.5) is 0 Å². The van der Waals surface area contributed by atoms with E-state index < -0.39 is 0 Å². The van der Waals surface area contributed by atoms with E-state index in [-0.39, 0.29) is 40.8 Å². The van der Waals surface area contributed by atoms with Crippen molar-refractivity contribution >= 4 is 5.97 Å². The van der Waals surface area contributed by atoms with E-state index in [1.54, 1.807) is 0 Å². The van der Waals surface area contributed by atoms with Crippen molar-refractivity contribution in [2.45, 2.75) is 59.7 Å². The van der Waals surface area contributed by atoms with Crippen molar-refractivity contribution in [1.82, 2.24) is 0 Å². The Labute approximate surface area is 104 Å². The van der Waals surface area contributed by atoms with Gasteiger partial charge in [0.1, 0.15) is 6.10 Å². The zero-order chi connectivity index (χ0) is 13.0. The number of aliphatic hydroxyl groups is 1. The lowest BCUT2D eigenvalue weighted by Crippen LogP contribution is -2.40. The van der Waals surface area contributed by atoms with Gasteiger partial charge in [0, 0.05) is 5.41 Å². The highest BCUT2D eigenvalue weighted by Gasteiger charge is 2.66. The predicted molar refractivity (Wildman–Crippen MR) is 65.3 cm³/mol. The van der Waals surface area contributed by atoms with Gasteiger partial charge in [-0.15, -0.1) is 0 Å². The maximum absolute atomic E-state index is 11.7. The van der Waals surface area contributed by atoms with Gasteiger partial charge in [-0.3, -0.25) is 4.79 Å². The Morgan fingerprint density at radius 3 is 2.29 bits per heavy atom. The molecule has 0 heterocycles. The minimum Gasteiger partial charge on any atom is -0.462 e. The molecule has 2 rings (SSSR count). The number of aliphatic hydroxyl groups excluding tert-OH is 1. The van der Waals surface area contributed by atoms with Gasteiger partial charge in [-0.05, 0) is 24.2 Å². The van der Waals surface area contributed by atoms with Gasteiger partial charge in [0.2, 0.25) is 0 Å². The zero-order valence-electron chi connectivity index (χ0n) is 11.5. The smallest absolute Gasteiger partial charge is 0.308 e. The largest absolute Gasteiger partial charge is 0.462 e. The number of fused-ring (bicyclic) bond motifs is 2. The first-order valence-corrected chi connectivity index (χ1v) is 6.58. The van der Waals surface area contributed by atoms with Crippen molar-refractivity contribution in [2.75, 3.05) is 0 Å². The zero-order valence-corrected chi connectivity index (χ0v) is 11.5. The highest BCUT2D eigenvalue weighted by Crippen LogP contribution is 2.66. The van der Waals surface area contributed by atoms with Gasteiger partial charge in [0.05, 0.1) is 12.0 Å². The van der Waals surface area contributed by atoms with Crippen molar-refractivity contribution in [3.05, 3.63) is 0 Å². The molecule has 2 bridgehead atoms. The fourth-order valence-corrected chi connectivity index (χ4v) is 3.69. The molecule has 0 aromatic heterocycles. The molecular formula is C14H24O3. The van der Waals surface area contributed by atoms with Crippen molar-refractivity contribution in [1.29, 1.82) is 0 Å². The van der Waals surface area contributed by atoms with E-state index in [0.29, 0.717) is 0 Å². The van der Waals surface area contributed by atoms with E-state index in [1.165, 1.54) is 0 Å². The third-order valence-corrected chi connectivity index (χ3v) is 5.41. The average molecular weight is 240 g/mol. The molecule has 0 saturated heterocycles. The van der Waals surface area contributed by atoms with Crippen LogP contribution in [0.5, 0.6) is 0 Å². The first-order chi connectivity index (χ1) is 7.70. The molecule has 3 nitrogen and oxygen atoms in total. The van der Waals surface area contributed by atoms with Crippen molar-refractivity contribution in [3.8, 4) is 0 Å². The Morgan fingerprint density at radius 1 is 1.35 bits per heavy atom. The molecule has 0 aliphatic heterocycles. The summed E-state index contributed by atoms with van der Waals surface area (Å²) in [5.74, 6) is 0.0669. The summed E-state index contributed by atoms with van der Waals surface area (Å²) in [4.78, 5) is 11.7. The highest BCUT2D eigenvalue weighted by atomic mass is 16.5. The van der Waals surface area contributed by atoms with Crippen LogP contribution in [0.3, 0.4) is 0 Å². The van der Waals surface area contributed by atoms with Crippen LogP contribution in [0.15, 0.2) is 0 Å². The van der Waals surface area contributed by atoms with Crippen LogP contribution in [0.1, 0.15) is 47.5 Å². The maximum Gasteiger partial charge on any atom is 0.308 e. The first kappa shape index (κ1) is 12.9.